The van der Waals surface area contributed by atoms with Crippen molar-refractivity contribution in [2.45, 2.75) is 37.2 Å². The van der Waals surface area contributed by atoms with E-state index in [1.807, 2.05) is 54.6 Å². The molecule has 1 aliphatic heterocycles. The Balaban J connectivity index is 1.67. The molecule has 0 amide bonds. The number of rotatable bonds is 5. The monoisotopic (exact) mass is 345 g/mol. The predicted molar refractivity (Wildman–Crippen MR) is 92.5 cm³/mol. The average molecular weight is 345 g/mol. The van der Waals surface area contributed by atoms with Crippen molar-refractivity contribution in [2.24, 2.45) is 0 Å². The fraction of sp³-hybridized carbons (Fsp3) is 0.368. The molecular weight excluding hydrogens is 322 g/mol. The van der Waals surface area contributed by atoms with Gasteiger partial charge in [0.05, 0.1) is 12.6 Å². The van der Waals surface area contributed by atoms with Crippen molar-refractivity contribution in [2.75, 3.05) is 6.61 Å². The molecule has 1 heterocycles. The first-order valence-corrected chi connectivity index (χ1v) is 8.28. The van der Waals surface area contributed by atoms with Crippen LogP contribution in [-0.2, 0) is 11.3 Å². The quantitative estimate of drug-likeness (QED) is 0.532. The molecule has 2 aromatic carbocycles. The number of benzene rings is 2. The van der Waals surface area contributed by atoms with E-state index in [0.29, 0.717) is 6.54 Å². The van der Waals surface area contributed by atoms with Crippen LogP contribution in [0.15, 0.2) is 54.6 Å². The molecule has 0 radical (unpaired) electrons. The highest BCUT2D eigenvalue weighted by atomic mass is 16.6. The van der Waals surface area contributed by atoms with E-state index in [4.69, 9.17) is 9.84 Å². The Kier molecular flexibility index (Phi) is 5.80. The molecule has 5 atom stereocenters. The molecule has 6 heteroatoms. The highest BCUT2D eigenvalue weighted by Crippen LogP contribution is 2.22. The van der Waals surface area contributed by atoms with E-state index in [0.717, 1.165) is 16.7 Å². The minimum absolute atomic E-state index is 0.388. The first kappa shape index (κ1) is 18.0. The van der Waals surface area contributed by atoms with Gasteiger partial charge >= 0.3 is 0 Å². The third kappa shape index (κ3) is 4.07. The van der Waals surface area contributed by atoms with Gasteiger partial charge in [-0.2, -0.15) is 0 Å². The van der Waals surface area contributed by atoms with Gasteiger partial charge in [-0.3, -0.25) is 0 Å². The molecule has 25 heavy (non-hydrogen) atoms. The van der Waals surface area contributed by atoms with Crippen molar-refractivity contribution in [1.29, 1.82) is 0 Å². The summed E-state index contributed by atoms with van der Waals surface area (Å²) in [5.41, 5.74) is 3.15. The van der Waals surface area contributed by atoms with Crippen molar-refractivity contribution >= 4 is 0 Å². The van der Waals surface area contributed by atoms with Gasteiger partial charge in [-0.25, -0.2) is 0 Å². The molecule has 5 N–H and O–H groups in total. The lowest BCUT2D eigenvalue weighted by molar-refractivity contribution is -0.254. The van der Waals surface area contributed by atoms with Gasteiger partial charge in [0.1, 0.15) is 18.3 Å². The summed E-state index contributed by atoms with van der Waals surface area (Å²) in [6, 6.07) is 17.1. The highest BCUT2D eigenvalue weighted by molar-refractivity contribution is 5.63. The van der Waals surface area contributed by atoms with Crippen molar-refractivity contribution in [1.82, 2.24) is 5.32 Å². The summed E-state index contributed by atoms with van der Waals surface area (Å²) in [6.07, 6.45) is -4.81. The number of aliphatic hydroxyl groups excluding tert-OH is 4. The minimum atomic E-state index is -1.31. The summed E-state index contributed by atoms with van der Waals surface area (Å²) in [5, 5.41) is 42.2. The maximum atomic E-state index is 10.2. The maximum Gasteiger partial charge on any atom is 0.173 e. The van der Waals surface area contributed by atoms with Gasteiger partial charge in [0.15, 0.2) is 6.29 Å². The van der Waals surface area contributed by atoms with E-state index < -0.39 is 37.3 Å². The SMILES string of the molecule is OC[C@H]1OC(O)[C@H](NCc2cccc(-c3ccccc3)c2)[C@@H](O)[C@@H]1O. The topological polar surface area (TPSA) is 102 Å². The molecule has 3 rings (SSSR count). The van der Waals surface area contributed by atoms with E-state index in [-0.39, 0.29) is 0 Å². The van der Waals surface area contributed by atoms with Crippen molar-refractivity contribution in [3.05, 3.63) is 60.2 Å². The Labute approximate surface area is 146 Å². The first-order valence-electron chi connectivity index (χ1n) is 8.28. The number of aliphatic hydroxyl groups is 4. The van der Waals surface area contributed by atoms with Crippen LogP contribution in [0, 0.1) is 0 Å². The van der Waals surface area contributed by atoms with Crippen LogP contribution in [0.5, 0.6) is 0 Å². The zero-order valence-electron chi connectivity index (χ0n) is 13.7. The van der Waals surface area contributed by atoms with Crippen LogP contribution < -0.4 is 5.32 Å². The van der Waals surface area contributed by atoms with Crippen LogP contribution in [0.25, 0.3) is 11.1 Å². The van der Waals surface area contributed by atoms with Gasteiger partial charge in [0.25, 0.3) is 0 Å². The second-order valence-corrected chi connectivity index (χ2v) is 6.20. The van der Waals surface area contributed by atoms with E-state index in [1.54, 1.807) is 0 Å². The zero-order chi connectivity index (χ0) is 17.8. The standard InChI is InChI=1S/C19H23NO5/c21-11-15-17(22)18(23)16(19(24)25-15)20-10-12-5-4-8-14(9-12)13-6-2-1-3-7-13/h1-9,15-24H,10-11H2/t15-,16-,17-,18-,19?/m1/s1. The Morgan fingerprint density at radius 3 is 2.32 bits per heavy atom. The second-order valence-electron chi connectivity index (χ2n) is 6.20. The number of ether oxygens (including phenoxy) is 1. The Hall–Kier alpha value is -1.80. The summed E-state index contributed by atoms with van der Waals surface area (Å²) in [4.78, 5) is 0. The first-order chi connectivity index (χ1) is 12.1. The lowest BCUT2D eigenvalue weighted by Crippen LogP contribution is -2.63. The number of hydrogen-bond donors (Lipinski definition) is 5. The van der Waals surface area contributed by atoms with Crippen molar-refractivity contribution in [3.8, 4) is 11.1 Å². The summed E-state index contributed by atoms with van der Waals surface area (Å²) in [6.45, 7) is -0.0829. The third-order valence-corrected chi connectivity index (χ3v) is 4.48. The average Bonchev–Trinajstić information content (AvgIpc) is 2.65. The predicted octanol–water partition coefficient (Wildman–Crippen LogP) is 0.243. The van der Waals surface area contributed by atoms with Gasteiger partial charge in [-0.15, -0.1) is 0 Å². The normalized spacial score (nSPS) is 29.5. The molecule has 0 aliphatic carbocycles. The molecule has 1 saturated heterocycles. The largest absolute Gasteiger partial charge is 0.394 e. The molecule has 0 saturated carbocycles. The van der Waals surface area contributed by atoms with E-state index in [2.05, 4.69) is 5.32 Å². The molecule has 0 spiro atoms. The lowest BCUT2D eigenvalue weighted by Gasteiger charge is -2.40. The molecule has 1 unspecified atom stereocenters. The van der Waals surface area contributed by atoms with Crippen LogP contribution in [0.1, 0.15) is 5.56 Å². The third-order valence-electron chi connectivity index (χ3n) is 4.48. The minimum Gasteiger partial charge on any atom is -0.394 e. The maximum absolute atomic E-state index is 10.2. The van der Waals surface area contributed by atoms with E-state index in [1.165, 1.54) is 0 Å². The van der Waals surface area contributed by atoms with Crippen LogP contribution in [-0.4, -0.2) is 57.7 Å². The zero-order valence-corrected chi connectivity index (χ0v) is 13.7. The molecule has 1 aliphatic rings. The van der Waals surface area contributed by atoms with Crippen LogP contribution >= 0.6 is 0 Å². The molecule has 6 nitrogen and oxygen atoms in total. The van der Waals surface area contributed by atoms with Gasteiger partial charge in [-0.05, 0) is 22.8 Å². The fourth-order valence-electron chi connectivity index (χ4n) is 3.05. The second kappa shape index (κ2) is 8.05. The number of hydrogen-bond acceptors (Lipinski definition) is 6. The number of nitrogens with one attached hydrogen (secondary N) is 1. The van der Waals surface area contributed by atoms with Crippen molar-refractivity contribution < 1.29 is 25.2 Å². The van der Waals surface area contributed by atoms with Gasteiger partial charge in [0.2, 0.25) is 0 Å². The molecule has 134 valence electrons. The molecule has 0 bridgehead atoms. The smallest absolute Gasteiger partial charge is 0.173 e. The van der Waals surface area contributed by atoms with E-state index in [9.17, 15) is 15.3 Å². The Morgan fingerprint density at radius 2 is 1.60 bits per heavy atom. The van der Waals surface area contributed by atoms with E-state index >= 15 is 0 Å². The van der Waals surface area contributed by atoms with Gasteiger partial charge in [0, 0.05) is 6.54 Å². The van der Waals surface area contributed by atoms with Gasteiger partial charge in [-0.1, -0.05) is 48.5 Å². The summed E-state index contributed by atoms with van der Waals surface area (Å²) < 4.78 is 5.15. The Bertz CT molecular complexity index is 681. The fourth-order valence-corrected chi connectivity index (χ4v) is 3.05. The highest BCUT2D eigenvalue weighted by Gasteiger charge is 2.43. The van der Waals surface area contributed by atoms with Crippen molar-refractivity contribution in [3.63, 3.8) is 0 Å². The summed E-state index contributed by atoms with van der Waals surface area (Å²) >= 11 is 0. The summed E-state index contributed by atoms with van der Waals surface area (Å²) in [5.74, 6) is 0. The summed E-state index contributed by atoms with van der Waals surface area (Å²) in [7, 11) is 0. The molecular formula is C19H23NO5. The molecule has 0 aromatic heterocycles. The lowest BCUT2D eigenvalue weighted by atomic mass is 9.96. The van der Waals surface area contributed by atoms with Crippen LogP contribution in [0.2, 0.25) is 0 Å². The van der Waals surface area contributed by atoms with Crippen LogP contribution in [0.3, 0.4) is 0 Å². The van der Waals surface area contributed by atoms with Crippen LogP contribution in [0.4, 0.5) is 0 Å². The molecule has 1 fully saturated rings. The Morgan fingerprint density at radius 1 is 0.880 bits per heavy atom. The molecule has 2 aromatic rings. The van der Waals surface area contributed by atoms with Gasteiger partial charge < -0.3 is 30.5 Å².